The monoisotopic (exact) mass is 207 g/mol. The van der Waals surface area contributed by atoms with E-state index in [0.29, 0.717) is 5.84 Å². The Hall–Kier alpha value is -1.20. The Morgan fingerprint density at radius 2 is 2.07 bits per heavy atom. The van der Waals surface area contributed by atoms with Gasteiger partial charge in [-0.2, -0.15) is 13.2 Å². The summed E-state index contributed by atoms with van der Waals surface area (Å²) < 4.78 is 36.4. The van der Waals surface area contributed by atoms with Gasteiger partial charge < -0.3 is 10.6 Å². The molecule has 0 saturated heterocycles. The summed E-state index contributed by atoms with van der Waals surface area (Å²) in [6.07, 6.45) is -3.43. The molecule has 1 rings (SSSR count). The van der Waals surface area contributed by atoms with E-state index in [0.717, 1.165) is 6.20 Å². The van der Waals surface area contributed by atoms with Gasteiger partial charge in [0, 0.05) is 12.2 Å². The fraction of sp³-hybridized carbons (Fsp3) is 0.625. The molecular weight excluding hydrogens is 195 g/mol. The Balaban J connectivity index is 2.65. The van der Waals surface area contributed by atoms with Gasteiger partial charge >= 0.3 is 6.18 Å². The fourth-order valence-corrected chi connectivity index (χ4v) is 1.01. The largest absolute Gasteiger partial charge is 0.432 e. The van der Waals surface area contributed by atoms with Gasteiger partial charge in [0.15, 0.2) is 0 Å². The van der Waals surface area contributed by atoms with Crippen LogP contribution in [0.4, 0.5) is 13.2 Å². The van der Waals surface area contributed by atoms with Gasteiger partial charge in [0.1, 0.15) is 11.5 Å². The van der Waals surface area contributed by atoms with E-state index in [9.17, 15) is 13.2 Å². The Labute approximate surface area is 80.1 Å². The summed E-state index contributed by atoms with van der Waals surface area (Å²) in [6.45, 7) is 3.80. The predicted octanol–water partition coefficient (Wildman–Crippen LogP) is 1.39. The van der Waals surface area contributed by atoms with Crippen LogP contribution in [0, 0.1) is 0 Å². The highest BCUT2D eigenvalue weighted by Gasteiger charge is 2.35. The van der Waals surface area contributed by atoms with Crippen molar-refractivity contribution in [1.29, 1.82) is 0 Å². The van der Waals surface area contributed by atoms with E-state index >= 15 is 0 Å². The molecule has 0 amide bonds. The molecule has 0 aromatic heterocycles. The maximum absolute atomic E-state index is 12.1. The molecule has 0 atom stereocenters. The van der Waals surface area contributed by atoms with Crippen molar-refractivity contribution in [2.45, 2.75) is 26.1 Å². The van der Waals surface area contributed by atoms with E-state index in [2.05, 4.69) is 15.6 Å². The summed E-state index contributed by atoms with van der Waals surface area (Å²) in [7, 11) is 0. The fourth-order valence-electron chi connectivity index (χ4n) is 1.01. The molecule has 80 valence electrons. The lowest BCUT2D eigenvalue weighted by Crippen LogP contribution is -2.41. The van der Waals surface area contributed by atoms with Crippen LogP contribution in [0.2, 0.25) is 0 Å². The van der Waals surface area contributed by atoms with Crippen molar-refractivity contribution in [2.75, 3.05) is 6.54 Å². The highest BCUT2D eigenvalue weighted by Crippen LogP contribution is 2.23. The van der Waals surface area contributed by atoms with Crippen LogP contribution in [0.25, 0.3) is 0 Å². The van der Waals surface area contributed by atoms with Crippen LogP contribution in [0.5, 0.6) is 0 Å². The highest BCUT2D eigenvalue weighted by molar-refractivity contribution is 5.86. The predicted molar refractivity (Wildman–Crippen MR) is 47.8 cm³/mol. The van der Waals surface area contributed by atoms with Crippen LogP contribution in [-0.2, 0) is 0 Å². The molecule has 14 heavy (non-hydrogen) atoms. The number of halogens is 3. The van der Waals surface area contributed by atoms with Crippen LogP contribution < -0.4 is 10.6 Å². The Bertz CT molecular complexity index is 265. The lowest BCUT2D eigenvalue weighted by molar-refractivity contribution is -0.0969. The number of amidine groups is 1. The Morgan fingerprint density at radius 3 is 2.43 bits per heavy atom. The second-order valence-electron chi connectivity index (χ2n) is 3.22. The first kappa shape index (κ1) is 10.9. The third-order valence-corrected chi connectivity index (χ3v) is 1.55. The third kappa shape index (κ3) is 2.93. The second kappa shape index (κ2) is 3.89. The number of nitrogens with zero attached hydrogens (tertiary/aromatic N) is 1. The average molecular weight is 207 g/mol. The van der Waals surface area contributed by atoms with Crippen molar-refractivity contribution in [3.05, 3.63) is 11.9 Å². The van der Waals surface area contributed by atoms with Crippen molar-refractivity contribution < 1.29 is 13.2 Å². The first-order valence-corrected chi connectivity index (χ1v) is 4.24. The molecule has 6 heteroatoms. The van der Waals surface area contributed by atoms with E-state index in [-0.39, 0.29) is 12.6 Å². The number of rotatable bonds is 1. The van der Waals surface area contributed by atoms with E-state index in [1.165, 1.54) is 0 Å². The van der Waals surface area contributed by atoms with Gasteiger partial charge in [-0.05, 0) is 13.8 Å². The van der Waals surface area contributed by atoms with Gasteiger partial charge in [0.2, 0.25) is 0 Å². The summed E-state index contributed by atoms with van der Waals surface area (Å²) in [5.41, 5.74) is -0.764. The maximum Gasteiger partial charge on any atom is 0.432 e. The van der Waals surface area contributed by atoms with Gasteiger partial charge in [0.05, 0.1) is 6.54 Å². The van der Waals surface area contributed by atoms with E-state index in [1.807, 2.05) is 13.8 Å². The number of aliphatic imine (C=N–C) groups is 1. The second-order valence-corrected chi connectivity index (χ2v) is 3.22. The van der Waals surface area contributed by atoms with Crippen LogP contribution in [0.15, 0.2) is 16.9 Å². The Morgan fingerprint density at radius 1 is 1.43 bits per heavy atom. The van der Waals surface area contributed by atoms with E-state index in [1.54, 1.807) is 0 Å². The minimum absolute atomic E-state index is 0.0696. The maximum atomic E-state index is 12.1. The first-order valence-electron chi connectivity index (χ1n) is 4.24. The lowest BCUT2D eigenvalue weighted by atomic mass is 10.3. The molecule has 0 unspecified atom stereocenters. The molecule has 1 heterocycles. The van der Waals surface area contributed by atoms with Crippen molar-refractivity contribution in [3.63, 3.8) is 0 Å². The van der Waals surface area contributed by atoms with Crippen LogP contribution in [0.3, 0.4) is 0 Å². The molecule has 0 saturated carbocycles. The number of hydrogen-bond acceptors (Lipinski definition) is 2. The quantitative estimate of drug-likeness (QED) is 0.681. The standard InChI is InChI=1S/C8H12F3N3/c1-5(2)14-7-4-12-6(3-13-7)8(9,10)11/h3,5,12H,4H2,1-2H3,(H,13,14). The van der Waals surface area contributed by atoms with Crippen molar-refractivity contribution in [1.82, 2.24) is 10.6 Å². The number of hydrogen-bond donors (Lipinski definition) is 2. The van der Waals surface area contributed by atoms with Crippen LogP contribution in [-0.4, -0.2) is 24.6 Å². The van der Waals surface area contributed by atoms with E-state index < -0.39 is 11.9 Å². The summed E-state index contributed by atoms with van der Waals surface area (Å²) in [5, 5.41) is 4.77. The third-order valence-electron chi connectivity index (χ3n) is 1.55. The van der Waals surface area contributed by atoms with Crippen LogP contribution in [0.1, 0.15) is 13.8 Å². The van der Waals surface area contributed by atoms with Gasteiger partial charge in [0.25, 0.3) is 0 Å². The van der Waals surface area contributed by atoms with Gasteiger partial charge in [-0.25, -0.2) is 0 Å². The van der Waals surface area contributed by atoms with Crippen molar-refractivity contribution in [3.8, 4) is 0 Å². The van der Waals surface area contributed by atoms with Crippen molar-refractivity contribution >= 4 is 5.84 Å². The molecule has 0 aromatic carbocycles. The smallest absolute Gasteiger partial charge is 0.373 e. The SMILES string of the molecule is CC(C)N=C1CNC(C(F)(F)F)=CN1. The molecule has 0 spiro atoms. The summed E-state index contributed by atoms with van der Waals surface area (Å²) >= 11 is 0. The number of alkyl halides is 3. The zero-order valence-corrected chi connectivity index (χ0v) is 7.94. The normalized spacial score (nSPS) is 20.4. The molecule has 0 fully saturated rings. The van der Waals surface area contributed by atoms with Crippen molar-refractivity contribution in [2.24, 2.45) is 4.99 Å². The molecule has 3 nitrogen and oxygen atoms in total. The number of nitrogens with one attached hydrogen (secondary N) is 2. The summed E-state index contributed by atoms with van der Waals surface area (Å²) in [6, 6.07) is 0.0696. The minimum atomic E-state index is -4.32. The van der Waals surface area contributed by atoms with Gasteiger partial charge in [-0.15, -0.1) is 0 Å². The molecule has 0 bridgehead atoms. The summed E-state index contributed by atoms with van der Waals surface area (Å²) in [5.74, 6) is 0.521. The van der Waals surface area contributed by atoms with E-state index in [4.69, 9.17) is 0 Å². The zero-order valence-electron chi connectivity index (χ0n) is 7.94. The molecule has 1 aliphatic rings. The number of allylic oxidation sites excluding steroid dienone is 1. The Kier molecular flexibility index (Phi) is 3.03. The molecule has 1 aliphatic heterocycles. The van der Waals surface area contributed by atoms with Gasteiger partial charge in [-0.1, -0.05) is 0 Å². The van der Waals surface area contributed by atoms with Gasteiger partial charge in [-0.3, -0.25) is 4.99 Å². The highest BCUT2D eigenvalue weighted by atomic mass is 19.4. The summed E-state index contributed by atoms with van der Waals surface area (Å²) in [4.78, 5) is 4.08. The molecule has 0 aliphatic carbocycles. The molecule has 0 aromatic rings. The zero-order chi connectivity index (χ0) is 10.8. The minimum Gasteiger partial charge on any atom is -0.373 e. The molecular formula is C8H12F3N3. The van der Waals surface area contributed by atoms with Crippen LogP contribution >= 0.6 is 0 Å². The first-order chi connectivity index (χ1) is 6.39. The molecule has 0 radical (unpaired) electrons. The molecule has 2 N–H and O–H groups in total. The topological polar surface area (TPSA) is 36.4 Å². The lowest BCUT2D eigenvalue weighted by Gasteiger charge is -2.20. The average Bonchev–Trinajstić information content (AvgIpc) is 2.02.